The highest BCUT2D eigenvalue weighted by Gasteiger charge is 2.08. The number of nitrogens with zero attached hydrogens (tertiary/aromatic N) is 4. The molecule has 1 unspecified atom stereocenters. The first-order valence-electron chi connectivity index (χ1n) is 6.52. The van der Waals surface area contributed by atoms with E-state index < -0.39 is 6.10 Å². The summed E-state index contributed by atoms with van der Waals surface area (Å²) in [6, 6.07) is 16.8. The van der Waals surface area contributed by atoms with Crippen LogP contribution in [-0.2, 0) is 0 Å². The van der Waals surface area contributed by atoms with Crippen LogP contribution in [0.5, 0.6) is 5.75 Å². The molecule has 0 spiro atoms. The Bertz CT molecular complexity index is 686. The molecular formula is C15H14N4O2. The normalized spacial score (nSPS) is 12.0. The van der Waals surface area contributed by atoms with Gasteiger partial charge in [-0.2, -0.15) is 0 Å². The van der Waals surface area contributed by atoms with Gasteiger partial charge in [0.1, 0.15) is 24.8 Å². The van der Waals surface area contributed by atoms with Gasteiger partial charge in [0.05, 0.1) is 5.69 Å². The number of aliphatic hydroxyl groups is 1. The zero-order valence-electron chi connectivity index (χ0n) is 11.2. The molecule has 1 atom stereocenters. The molecule has 0 aliphatic carbocycles. The summed E-state index contributed by atoms with van der Waals surface area (Å²) in [5.41, 5.74) is 1.63. The number of ether oxygens (including phenoxy) is 1. The van der Waals surface area contributed by atoms with E-state index >= 15 is 0 Å². The molecule has 6 nitrogen and oxygen atoms in total. The lowest BCUT2D eigenvalue weighted by molar-refractivity contribution is 0.108. The van der Waals surface area contributed by atoms with Crippen molar-refractivity contribution in [3.05, 3.63) is 66.5 Å². The van der Waals surface area contributed by atoms with Gasteiger partial charge in [-0.1, -0.05) is 36.4 Å². The van der Waals surface area contributed by atoms with Gasteiger partial charge in [-0.05, 0) is 28.1 Å². The van der Waals surface area contributed by atoms with Gasteiger partial charge in [-0.25, -0.2) is 4.68 Å². The second-order valence-electron chi connectivity index (χ2n) is 4.49. The van der Waals surface area contributed by atoms with Gasteiger partial charge in [0.25, 0.3) is 0 Å². The number of rotatable bonds is 5. The van der Waals surface area contributed by atoms with Gasteiger partial charge in [0, 0.05) is 6.07 Å². The van der Waals surface area contributed by atoms with E-state index in [1.165, 1.54) is 6.33 Å². The highest BCUT2D eigenvalue weighted by atomic mass is 16.5. The number of aliphatic hydroxyl groups excluding tert-OH is 1. The first kappa shape index (κ1) is 13.3. The van der Waals surface area contributed by atoms with E-state index in [1.54, 1.807) is 4.68 Å². The molecule has 0 radical (unpaired) electrons. The first-order chi connectivity index (χ1) is 10.3. The molecule has 0 amide bonds. The SMILES string of the molecule is OC(COc1cccc(-n2cnnn2)c1)c1ccccc1. The summed E-state index contributed by atoms with van der Waals surface area (Å²) in [4.78, 5) is 0. The Hall–Kier alpha value is -2.73. The summed E-state index contributed by atoms with van der Waals surface area (Å²) in [5.74, 6) is 0.651. The van der Waals surface area contributed by atoms with Gasteiger partial charge in [0.15, 0.2) is 0 Å². The quantitative estimate of drug-likeness (QED) is 0.772. The Morgan fingerprint density at radius 3 is 2.71 bits per heavy atom. The molecule has 106 valence electrons. The van der Waals surface area contributed by atoms with E-state index in [9.17, 15) is 5.11 Å². The van der Waals surface area contributed by atoms with Crippen LogP contribution in [0.3, 0.4) is 0 Å². The van der Waals surface area contributed by atoms with E-state index in [0.29, 0.717) is 5.75 Å². The standard InChI is InChI=1S/C15H14N4O2/c20-15(12-5-2-1-3-6-12)10-21-14-8-4-7-13(9-14)19-11-16-17-18-19/h1-9,11,15,20H,10H2. The predicted molar refractivity (Wildman–Crippen MR) is 76.1 cm³/mol. The predicted octanol–water partition coefficient (Wildman–Crippen LogP) is 1.77. The lowest BCUT2D eigenvalue weighted by atomic mass is 10.1. The number of hydrogen-bond donors (Lipinski definition) is 1. The van der Waals surface area contributed by atoms with Crippen molar-refractivity contribution < 1.29 is 9.84 Å². The van der Waals surface area contributed by atoms with Crippen LogP contribution in [0.2, 0.25) is 0 Å². The number of hydrogen-bond acceptors (Lipinski definition) is 5. The average Bonchev–Trinajstić information content (AvgIpc) is 3.08. The van der Waals surface area contributed by atoms with Gasteiger partial charge in [-0.3, -0.25) is 0 Å². The Morgan fingerprint density at radius 1 is 1.10 bits per heavy atom. The lowest BCUT2D eigenvalue weighted by Gasteiger charge is -2.13. The molecule has 3 aromatic rings. The molecule has 3 rings (SSSR count). The molecule has 0 aliphatic rings. The van der Waals surface area contributed by atoms with Crippen LogP contribution in [0.4, 0.5) is 0 Å². The molecule has 0 saturated carbocycles. The fraction of sp³-hybridized carbons (Fsp3) is 0.133. The number of tetrazole rings is 1. The maximum Gasteiger partial charge on any atom is 0.143 e. The van der Waals surface area contributed by atoms with Crippen LogP contribution in [0.15, 0.2) is 60.9 Å². The zero-order valence-corrected chi connectivity index (χ0v) is 11.2. The first-order valence-corrected chi connectivity index (χ1v) is 6.52. The van der Waals surface area contributed by atoms with E-state index in [1.807, 2.05) is 54.6 Å². The summed E-state index contributed by atoms with van der Waals surface area (Å²) >= 11 is 0. The summed E-state index contributed by atoms with van der Waals surface area (Å²) < 4.78 is 7.17. The van der Waals surface area contributed by atoms with Gasteiger partial charge in [-0.15, -0.1) is 5.10 Å². The summed E-state index contributed by atoms with van der Waals surface area (Å²) in [5, 5.41) is 21.1. The number of aromatic nitrogens is 4. The molecular weight excluding hydrogens is 268 g/mol. The molecule has 1 aromatic heterocycles. The third-order valence-corrected chi connectivity index (χ3v) is 3.02. The van der Waals surface area contributed by atoms with Crippen molar-refractivity contribution in [3.8, 4) is 11.4 Å². The zero-order chi connectivity index (χ0) is 14.5. The minimum absolute atomic E-state index is 0.184. The Kier molecular flexibility index (Phi) is 3.88. The Morgan fingerprint density at radius 2 is 1.95 bits per heavy atom. The van der Waals surface area contributed by atoms with Crippen molar-refractivity contribution in [1.82, 2.24) is 20.2 Å². The lowest BCUT2D eigenvalue weighted by Crippen LogP contribution is -2.09. The maximum atomic E-state index is 10.1. The highest BCUT2D eigenvalue weighted by molar-refractivity contribution is 5.38. The van der Waals surface area contributed by atoms with Crippen molar-refractivity contribution in [2.24, 2.45) is 0 Å². The van der Waals surface area contributed by atoms with Crippen LogP contribution in [0.1, 0.15) is 11.7 Å². The van der Waals surface area contributed by atoms with Crippen molar-refractivity contribution >= 4 is 0 Å². The summed E-state index contributed by atoms with van der Waals surface area (Å²) in [6.07, 6.45) is 0.848. The second-order valence-corrected chi connectivity index (χ2v) is 4.49. The summed E-state index contributed by atoms with van der Waals surface area (Å²) in [7, 11) is 0. The van der Waals surface area contributed by atoms with Gasteiger partial charge in [0.2, 0.25) is 0 Å². The molecule has 1 N–H and O–H groups in total. The van der Waals surface area contributed by atoms with Crippen molar-refractivity contribution in [3.63, 3.8) is 0 Å². The molecule has 0 bridgehead atoms. The van der Waals surface area contributed by atoms with Crippen molar-refractivity contribution in [2.45, 2.75) is 6.10 Å². The monoisotopic (exact) mass is 282 g/mol. The highest BCUT2D eigenvalue weighted by Crippen LogP contribution is 2.18. The molecule has 0 saturated heterocycles. The maximum absolute atomic E-state index is 10.1. The Balaban J connectivity index is 1.67. The van der Waals surface area contributed by atoms with E-state index in [0.717, 1.165) is 11.3 Å². The number of benzene rings is 2. The van der Waals surface area contributed by atoms with Crippen molar-refractivity contribution in [1.29, 1.82) is 0 Å². The third-order valence-electron chi connectivity index (χ3n) is 3.02. The molecule has 6 heteroatoms. The van der Waals surface area contributed by atoms with Crippen molar-refractivity contribution in [2.75, 3.05) is 6.61 Å². The van der Waals surface area contributed by atoms with E-state index in [2.05, 4.69) is 15.5 Å². The minimum atomic E-state index is -0.664. The minimum Gasteiger partial charge on any atom is -0.490 e. The Labute approximate surface area is 121 Å². The fourth-order valence-corrected chi connectivity index (χ4v) is 1.94. The second kappa shape index (κ2) is 6.15. The molecule has 2 aromatic carbocycles. The molecule has 21 heavy (non-hydrogen) atoms. The van der Waals surface area contributed by atoms with Crippen LogP contribution < -0.4 is 4.74 Å². The van der Waals surface area contributed by atoms with E-state index in [4.69, 9.17) is 4.74 Å². The van der Waals surface area contributed by atoms with Crippen LogP contribution in [0.25, 0.3) is 5.69 Å². The van der Waals surface area contributed by atoms with Crippen LogP contribution >= 0.6 is 0 Å². The third kappa shape index (κ3) is 3.24. The smallest absolute Gasteiger partial charge is 0.143 e. The van der Waals surface area contributed by atoms with Crippen LogP contribution in [-0.4, -0.2) is 31.9 Å². The topological polar surface area (TPSA) is 73.1 Å². The average molecular weight is 282 g/mol. The van der Waals surface area contributed by atoms with Gasteiger partial charge >= 0.3 is 0 Å². The summed E-state index contributed by atoms with van der Waals surface area (Å²) in [6.45, 7) is 0.184. The molecule has 0 aliphatic heterocycles. The van der Waals surface area contributed by atoms with Crippen LogP contribution in [0, 0.1) is 0 Å². The molecule has 1 heterocycles. The van der Waals surface area contributed by atoms with E-state index in [-0.39, 0.29) is 6.61 Å². The molecule has 0 fully saturated rings. The fourth-order valence-electron chi connectivity index (χ4n) is 1.94. The van der Waals surface area contributed by atoms with Gasteiger partial charge < -0.3 is 9.84 Å². The largest absolute Gasteiger partial charge is 0.490 e.